The van der Waals surface area contributed by atoms with Crippen molar-refractivity contribution in [1.82, 2.24) is 14.5 Å². The number of anilines is 1. The number of nitrogens with one attached hydrogen (secondary N) is 1. The lowest BCUT2D eigenvalue weighted by atomic mass is 10.1. The molecule has 0 spiro atoms. The summed E-state index contributed by atoms with van der Waals surface area (Å²) in [6.45, 7) is 1.48. The first kappa shape index (κ1) is 18.5. The smallest absolute Gasteiger partial charge is 0.221 e. The number of methoxy groups -OCH3 is 2. The summed E-state index contributed by atoms with van der Waals surface area (Å²) in [7, 11) is 3.22. The summed E-state index contributed by atoms with van der Waals surface area (Å²) in [5.74, 6) is 1.19. The van der Waals surface area contributed by atoms with E-state index in [0.717, 1.165) is 33.7 Å². The summed E-state index contributed by atoms with van der Waals surface area (Å²) in [6, 6.07) is 15.3. The van der Waals surface area contributed by atoms with E-state index in [9.17, 15) is 4.79 Å². The van der Waals surface area contributed by atoms with Crippen LogP contribution in [0.25, 0.3) is 28.0 Å². The van der Waals surface area contributed by atoms with Crippen LogP contribution in [-0.4, -0.2) is 34.7 Å². The lowest BCUT2D eigenvalue weighted by Gasteiger charge is -2.11. The third-order valence-corrected chi connectivity index (χ3v) is 4.56. The van der Waals surface area contributed by atoms with Crippen LogP contribution in [0.5, 0.6) is 11.5 Å². The van der Waals surface area contributed by atoms with E-state index < -0.39 is 0 Å². The van der Waals surface area contributed by atoms with Crippen LogP contribution in [0.3, 0.4) is 0 Å². The van der Waals surface area contributed by atoms with Gasteiger partial charge in [0.2, 0.25) is 5.91 Å². The number of imidazole rings is 1. The second kappa shape index (κ2) is 7.63. The van der Waals surface area contributed by atoms with Crippen LogP contribution in [0.15, 0.2) is 61.1 Å². The summed E-state index contributed by atoms with van der Waals surface area (Å²) < 4.78 is 12.7. The largest absolute Gasteiger partial charge is 0.493 e. The van der Waals surface area contributed by atoms with Crippen molar-refractivity contribution < 1.29 is 14.3 Å². The number of pyridine rings is 1. The molecule has 0 saturated heterocycles. The van der Waals surface area contributed by atoms with Crippen molar-refractivity contribution in [2.75, 3.05) is 19.5 Å². The maximum Gasteiger partial charge on any atom is 0.221 e. The molecule has 2 aromatic carbocycles. The molecule has 0 saturated carbocycles. The molecule has 0 aliphatic carbocycles. The lowest BCUT2D eigenvalue weighted by Crippen LogP contribution is -2.05. The number of ether oxygens (including phenoxy) is 2. The first-order valence-corrected chi connectivity index (χ1v) is 9.02. The molecule has 0 fully saturated rings. The zero-order chi connectivity index (χ0) is 20.4. The van der Waals surface area contributed by atoms with E-state index >= 15 is 0 Å². The van der Waals surface area contributed by atoms with Crippen LogP contribution in [0, 0.1) is 0 Å². The molecule has 146 valence electrons. The van der Waals surface area contributed by atoms with Crippen molar-refractivity contribution in [3.8, 4) is 28.4 Å². The minimum atomic E-state index is -0.114. The maximum atomic E-state index is 11.3. The van der Waals surface area contributed by atoms with E-state index in [0.29, 0.717) is 11.5 Å². The van der Waals surface area contributed by atoms with Gasteiger partial charge in [-0.3, -0.25) is 14.3 Å². The fourth-order valence-corrected chi connectivity index (χ4v) is 3.21. The van der Waals surface area contributed by atoms with Crippen LogP contribution >= 0.6 is 0 Å². The van der Waals surface area contributed by atoms with Crippen LogP contribution in [-0.2, 0) is 4.79 Å². The fraction of sp³-hybridized carbons (Fsp3) is 0.136. The van der Waals surface area contributed by atoms with Gasteiger partial charge in [-0.25, -0.2) is 4.98 Å². The molecule has 7 heteroatoms. The Morgan fingerprint density at radius 1 is 1.00 bits per heavy atom. The van der Waals surface area contributed by atoms with Crippen LogP contribution in [0.2, 0.25) is 0 Å². The summed E-state index contributed by atoms with van der Waals surface area (Å²) in [6.07, 6.45) is 3.50. The normalized spacial score (nSPS) is 10.7. The number of hydrogen-bond donors (Lipinski definition) is 1. The van der Waals surface area contributed by atoms with E-state index in [1.54, 1.807) is 26.7 Å². The number of carbonyl (C=O) groups is 1. The van der Waals surface area contributed by atoms with Crippen LogP contribution in [0.1, 0.15) is 6.92 Å². The van der Waals surface area contributed by atoms with Crippen LogP contribution in [0.4, 0.5) is 5.69 Å². The predicted molar refractivity (Wildman–Crippen MR) is 112 cm³/mol. The number of aromatic nitrogens is 3. The number of amides is 1. The Kier molecular flexibility index (Phi) is 4.87. The molecule has 2 aromatic heterocycles. The van der Waals surface area contributed by atoms with E-state index in [1.165, 1.54) is 6.92 Å². The highest BCUT2D eigenvalue weighted by molar-refractivity contribution is 5.90. The molecule has 0 atom stereocenters. The topological polar surface area (TPSA) is 78.3 Å². The van der Waals surface area contributed by atoms with Gasteiger partial charge in [0.1, 0.15) is 11.8 Å². The van der Waals surface area contributed by atoms with Gasteiger partial charge in [-0.15, -0.1) is 0 Å². The van der Waals surface area contributed by atoms with Gasteiger partial charge in [0.15, 0.2) is 11.5 Å². The molecule has 0 aliphatic rings. The zero-order valence-electron chi connectivity index (χ0n) is 16.3. The highest BCUT2D eigenvalue weighted by atomic mass is 16.5. The van der Waals surface area contributed by atoms with Gasteiger partial charge in [0.05, 0.1) is 37.3 Å². The summed E-state index contributed by atoms with van der Waals surface area (Å²) in [4.78, 5) is 20.3. The predicted octanol–water partition coefficient (Wildman–Crippen LogP) is 4.06. The molecule has 0 aliphatic heterocycles. The Balaban J connectivity index is 1.79. The van der Waals surface area contributed by atoms with Gasteiger partial charge >= 0.3 is 0 Å². The number of benzene rings is 2. The van der Waals surface area contributed by atoms with Crippen molar-refractivity contribution in [3.05, 3.63) is 61.1 Å². The Labute approximate surface area is 167 Å². The van der Waals surface area contributed by atoms with Crippen LogP contribution < -0.4 is 14.8 Å². The average Bonchev–Trinajstić information content (AvgIpc) is 3.16. The van der Waals surface area contributed by atoms with Gasteiger partial charge in [-0.05, 0) is 30.3 Å². The molecule has 4 rings (SSSR count). The van der Waals surface area contributed by atoms with Crippen molar-refractivity contribution in [3.63, 3.8) is 0 Å². The molecule has 0 radical (unpaired) electrons. The second-order valence-corrected chi connectivity index (χ2v) is 6.47. The first-order chi connectivity index (χ1) is 14.1. The minimum absolute atomic E-state index is 0.114. The zero-order valence-corrected chi connectivity index (χ0v) is 16.3. The van der Waals surface area contributed by atoms with Crippen molar-refractivity contribution in [1.29, 1.82) is 0 Å². The van der Waals surface area contributed by atoms with E-state index in [4.69, 9.17) is 9.47 Å². The minimum Gasteiger partial charge on any atom is -0.493 e. The molecule has 2 heterocycles. The molecule has 0 unspecified atom stereocenters. The molecule has 0 bridgehead atoms. The number of nitrogens with zero attached hydrogens (tertiary/aromatic N) is 3. The second-order valence-electron chi connectivity index (χ2n) is 6.47. The Morgan fingerprint density at radius 2 is 1.83 bits per heavy atom. The quantitative estimate of drug-likeness (QED) is 0.558. The first-order valence-electron chi connectivity index (χ1n) is 9.02. The molecule has 4 aromatic rings. The monoisotopic (exact) mass is 388 g/mol. The van der Waals surface area contributed by atoms with E-state index in [-0.39, 0.29) is 5.91 Å². The third-order valence-electron chi connectivity index (χ3n) is 4.56. The molecule has 1 N–H and O–H groups in total. The maximum absolute atomic E-state index is 11.3. The molecular formula is C22H20N4O3. The Hall–Kier alpha value is -3.87. The molecular weight excluding hydrogens is 368 g/mol. The summed E-state index contributed by atoms with van der Waals surface area (Å²) in [5.41, 5.74) is 5.00. The van der Waals surface area contributed by atoms with Gasteiger partial charge in [0.25, 0.3) is 0 Å². The van der Waals surface area contributed by atoms with Gasteiger partial charge in [-0.2, -0.15) is 0 Å². The highest BCUT2D eigenvalue weighted by Crippen LogP contribution is 2.31. The van der Waals surface area contributed by atoms with Gasteiger partial charge in [-0.1, -0.05) is 12.1 Å². The average molecular weight is 388 g/mol. The molecule has 29 heavy (non-hydrogen) atoms. The van der Waals surface area contributed by atoms with E-state index in [2.05, 4.69) is 15.3 Å². The fourth-order valence-electron chi connectivity index (χ4n) is 3.21. The number of fused-ring (bicyclic) bond motifs is 1. The summed E-state index contributed by atoms with van der Waals surface area (Å²) in [5, 5.41) is 2.80. The number of rotatable bonds is 5. The number of hydrogen-bond acceptors (Lipinski definition) is 5. The van der Waals surface area contributed by atoms with Gasteiger partial charge in [0, 0.05) is 24.2 Å². The van der Waals surface area contributed by atoms with Crippen molar-refractivity contribution in [2.45, 2.75) is 6.92 Å². The third kappa shape index (κ3) is 3.62. The van der Waals surface area contributed by atoms with E-state index in [1.807, 2.05) is 53.1 Å². The SMILES string of the molecule is COc1ccc(-n2cnc3cnc(-c4cccc(NC(C)=O)c4)cc32)cc1OC. The van der Waals surface area contributed by atoms with Gasteiger partial charge < -0.3 is 14.8 Å². The molecule has 1 amide bonds. The Bertz CT molecular complexity index is 1200. The van der Waals surface area contributed by atoms with Crippen molar-refractivity contribution in [2.24, 2.45) is 0 Å². The highest BCUT2D eigenvalue weighted by Gasteiger charge is 2.11. The molecule has 7 nitrogen and oxygen atoms in total. The van der Waals surface area contributed by atoms with Crippen molar-refractivity contribution >= 4 is 22.6 Å². The lowest BCUT2D eigenvalue weighted by molar-refractivity contribution is -0.114. The number of carbonyl (C=O) groups excluding carboxylic acids is 1. The Morgan fingerprint density at radius 3 is 2.59 bits per heavy atom. The summed E-state index contributed by atoms with van der Waals surface area (Å²) >= 11 is 0. The standard InChI is InChI=1S/C22H20N4O3/c1-14(27)25-16-6-4-5-15(9-16)18-11-20-19(12-23-18)24-13-26(20)17-7-8-21(28-2)22(10-17)29-3/h4-13H,1-3H3,(H,25,27).